The van der Waals surface area contributed by atoms with Crippen LogP contribution in [0, 0.1) is 13.8 Å². The molecule has 2 rings (SSSR count). The summed E-state index contributed by atoms with van der Waals surface area (Å²) in [6.45, 7) is 5.98. The number of aryl methyl sites for hydroxylation is 2. The average Bonchev–Trinajstić information content (AvgIpc) is 2.15. The summed E-state index contributed by atoms with van der Waals surface area (Å²) in [4.78, 5) is 12.2. The first-order valence-corrected chi connectivity index (χ1v) is 6.14. The number of anilines is 1. The number of nitrogens with one attached hydrogen (secondary N) is 1. The van der Waals surface area contributed by atoms with Crippen molar-refractivity contribution in [1.29, 1.82) is 0 Å². The minimum atomic E-state index is -0.754. The number of carboxylic acid groups (broad SMARTS) is 1. The van der Waals surface area contributed by atoms with E-state index in [2.05, 4.69) is 17.4 Å². The molecule has 0 bridgehead atoms. The lowest BCUT2D eigenvalue weighted by Crippen LogP contribution is -2.37. The third-order valence-corrected chi connectivity index (χ3v) is 4.39. The van der Waals surface area contributed by atoms with Gasteiger partial charge in [-0.3, -0.25) is 4.79 Å². The first-order chi connectivity index (χ1) is 7.49. The summed E-state index contributed by atoms with van der Waals surface area (Å²) in [5.41, 5.74) is 3.41. The molecule has 4 heteroatoms. The second-order valence-corrected chi connectivity index (χ2v) is 5.42. The Bertz CT molecular complexity index is 445. The van der Waals surface area contributed by atoms with Crippen molar-refractivity contribution in [3.05, 3.63) is 23.3 Å². The Hall–Kier alpha value is -1.16. The lowest BCUT2D eigenvalue weighted by atomic mass is 10.1. The molecule has 0 aromatic heterocycles. The number of thioether (sulfide) groups is 1. The highest BCUT2D eigenvalue weighted by atomic mass is 32.2. The van der Waals surface area contributed by atoms with Gasteiger partial charge in [-0.05, 0) is 38.0 Å². The van der Waals surface area contributed by atoms with Crippen molar-refractivity contribution in [3.8, 4) is 0 Å². The quantitative estimate of drug-likeness (QED) is 0.788. The van der Waals surface area contributed by atoms with Gasteiger partial charge < -0.3 is 10.4 Å². The van der Waals surface area contributed by atoms with Crippen LogP contribution in [0.3, 0.4) is 0 Å². The molecule has 0 radical (unpaired) electrons. The van der Waals surface area contributed by atoms with E-state index in [-0.39, 0.29) is 6.04 Å². The molecule has 1 aliphatic rings. The molecule has 16 heavy (non-hydrogen) atoms. The molecular weight excluding hydrogens is 222 g/mol. The first kappa shape index (κ1) is 11.3. The van der Waals surface area contributed by atoms with Crippen molar-refractivity contribution >= 4 is 23.4 Å². The van der Waals surface area contributed by atoms with Crippen LogP contribution in [0.2, 0.25) is 0 Å². The predicted octanol–water partition coefficient (Wildman–Crippen LogP) is 2.66. The zero-order chi connectivity index (χ0) is 11.9. The van der Waals surface area contributed by atoms with Crippen LogP contribution in [-0.2, 0) is 4.79 Å². The maximum absolute atomic E-state index is 11.1. The number of hydrogen-bond acceptors (Lipinski definition) is 3. The van der Waals surface area contributed by atoms with Crippen LogP contribution >= 0.6 is 11.8 Å². The Kier molecular flexibility index (Phi) is 2.84. The van der Waals surface area contributed by atoms with Gasteiger partial charge >= 0.3 is 5.97 Å². The van der Waals surface area contributed by atoms with Gasteiger partial charge in [0.1, 0.15) is 5.25 Å². The zero-order valence-electron chi connectivity index (χ0n) is 9.57. The molecule has 0 saturated heterocycles. The Balaban J connectivity index is 2.43. The molecular formula is C12H15NO2S. The fourth-order valence-corrected chi connectivity index (χ4v) is 3.15. The summed E-state index contributed by atoms with van der Waals surface area (Å²) in [6, 6.07) is 4.11. The smallest absolute Gasteiger partial charge is 0.319 e. The molecule has 0 amide bonds. The normalized spacial score (nSPS) is 23.4. The summed E-state index contributed by atoms with van der Waals surface area (Å²) in [5, 5.41) is 12.0. The number of benzene rings is 1. The Morgan fingerprint density at radius 3 is 2.75 bits per heavy atom. The van der Waals surface area contributed by atoms with Gasteiger partial charge in [-0.25, -0.2) is 0 Å². The number of rotatable bonds is 1. The lowest BCUT2D eigenvalue weighted by molar-refractivity contribution is -0.136. The maximum atomic E-state index is 11.1. The van der Waals surface area contributed by atoms with Gasteiger partial charge in [0.25, 0.3) is 0 Å². The topological polar surface area (TPSA) is 49.3 Å². The highest BCUT2D eigenvalue weighted by Crippen LogP contribution is 2.40. The van der Waals surface area contributed by atoms with E-state index in [1.54, 1.807) is 0 Å². The summed E-state index contributed by atoms with van der Waals surface area (Å²) in [5.74, 6) is -0.754. The Labute approximate surface area is 99.2 Å². The molecule has 0 spiro atoms. The van der Waals surface area contributed by atoms with Crippen LogP contribution in [0.15, 0.2) is 17.0 Å². The second-order valence-electron chi connectivity index (χ2n) is 4.27. The lowest BCUT2D eigenvalue weighted by Gasteiger charge is -2.30. The molecule has 1 aliphatic heterocycles. The van der Waals surface area contributed by atoms with E-state index >= 15 is 0 Å². The molecule has 1 aromatic rings. The summed E-state index contributed by atoms with van der Waals surface area (Å²) in [7, 11) is 0. The summed E-state index contributed by atoms with van der Waals surface area (Å²) >= 11 is 1.45. The highest BCUT2D eigenvalue weighted by Gasteiger charge is 2.31. The van der Waals surface area contributed by atoms with E-state index < -0.39 is 11.2 Å². The minimum Gasteiger partial charge on any atom is -0.480 e. The average molecular weight is 237 g/mol. The van der Waals surface area contributed by atoms with E-state index in [0.29, 0.717) is 0 Å². The van der Waals surface area contributed by atoms with Crippen LogP contribution in [0.5, 0.6) is 0 Å². The molecule has 0 fully saturated rings. The molecule has 2 N–H and O–H groups in total. The first-order valence-electron chi connectivity index (χ1n) is 5.26. The monoisotopic (exact) mass is 237 g/mol. The van der Waals surface area contributed by atoms with E-state index in [1.165, 1.54) is 17.3 Å². The number of fused-ring (bicyclic) bond motifs is 1. The van der Waals surface area contributed by atoms with E-state index in [0.717, 1.165) is 16.1 Å². The zero-order valence-corrected chi connectivity index (χ0v) is 10.4. The van der Waals surface area contributed by atoms with Crippen molar-refractivity contribution in [2.24, 2.45) is 0 Å². The van der Waals surface area contributed by atoms with Crippen molar-refractivity contribution in [2.75, 3.05) is 5.32 Å². The molecule has 0 aliphatic carbocycles. The van der Waals surface area contributed by atoms with Crippen molar-refractivity contribution in [2.45, 2.75) is 37.0 Å². The van der Waals surface area contributed by atoms with Gasteiger partial charge in [-0.1, -0.05) is 6.07 Å². The van der Waals surface area contributed by atoms with Gasteiger partial charge in [0.15, 0.2) is 0 Å². The molecule has 2 unspecified atom stereocenters. The van der Waals surface area contributed by atoms with Crippen LogP contribution < -0.4 is 5.32 Å². The van der Waals surface area contributed by atoms with Crippen LogP contribution in [0.4, 0.5) is 5.69 Å². The van der Waals surface area contributed by atoms with Crippen molar-refractivity contribution in [3.63, 3.8) is 0 Å². The third-order valence-electron chi connectivity index (χ3n) is 2.74. The van der Waals surface area contributed by atoms with E-state index in [4.69, 9.17) is 5.11 Å². The second kappa shape index (κ2) is 4.01. The molecule has 86 valence electrons. The molecule has 1 aromatic carbocycles. The molecule has 0 saturated carbocycles. The van der Waals surface area contributed by atoms with E-state index in [1.807, 2.05) is 20.8 Å². The Morgan fingerprint density at radius 1 is 1.44 bits per heavy atom. The standard InChI is InChI=1S/C12H15NO2S/c1-6-4-7(2)10-9(5-6)13-8(3)11(16-10)12(14)15/h4-5,8,11,13H,1-3H3,(H,14,15). The van der Waals surface area contributed by atoms with Gasteiger partial charge in [-0.15, -0.1) is 11.8 Å². The predicted molar refractivity (Wildman–Crippen MR) is 66.3 cm³/mol. The summed E-state index contributed by atoms with van der Waals surface area (Å²) < 4.78 is 0. The van der Waals surface area contributed by atoms with Gasteiger partial charge in [-0.2, -0.15) is 0 Å². The Morgan fingerprint density at radius 2 is 2.12 bits per heavy atom. The van der Waals surface area contributed by atoms with Crippen molar-refractivity contribution < 1.29 is 9.90 Å². The molecule has 2 atom stereocenters. The number of carboxylic acids is 1. The maximum Gasteiger partial charge on any atom is 0.319 e. The van der Waals surface area contributed by atoms with Gasteiger partial charge in [0.2, 0.25) is 0 Å². The van der Waals surface area contributed by atoms with Crippen LogP contribution in [0.1, 0.15) is 18.1 Å². The van der Waals surface area contributed by atoms with Crippen LogP contribution in [-0.4, -0.2) is 22.4 Å². The molecule has 3 nitrogen and oxygen atoms in total. The SMILES string of the molecule is Cc1cc(C)c2c(c1)NC(C)C(C(=O)O)S2. The van der Waals surface area contributed by atoms with Gasteiger partial charge in [0, 0.05) is 16.6 Å². The fraction of sp³-hybridized carbons (Fsp3) is 0.417. The fourth-order valence-electron chi connectivity index (χ4n) is 2.03. The molecule has 1 heterocycles. The van der Waals surface area contributed by atoms with E-state index in [9.17, 15) is 4.79 Å². The largest absolute Gasteiger partial charge is 0.480 e. The van der Waals surface area contributed by atoms with Crippen molar-refractivity contribution in [1.82, 2.24) is 0 Å². The van der Waals surface area contributed by atoms with Crippen LogP contribution in [0.25, 0.3) is 0 Å². The minimum absolute atomic E-state index is 0.0452. The number of carbonyl (C=O) groups is 1. The summed E-state index contributed by atoms with van der Waals surface area (Å²) in [6.07, 6.45) is 0. The third kappa shape index (κ3) is 1.89. The highest BCUT2D eigenvalue weighted by molar-refractivity contribution is 8.01. The number of aliphatic carboxylic acids is 1. The number of hydrogen-bond donors (Lipinski definition) is 2. The van der Waals surface area contributed by atoms with Gasteiger partial charge in [0.05, 0.1) is 0 Å².